The van der Waals surface area contributed by atoms with Crippen molar-refractivity contribution in [1.29, 1.82) is 0 Å². The molecule has 32 heavy (non-hydrogen) atoms. The van der Waals surface area contributed by atoms with E-state index < -0.39 is 17.8 Å². The van der Waals surface area contributed by atoms with Gasteiger partial charge in [0.15, 0.2) is 0 Å². The van der Waals surface area contributed by atoms with Crippen LogP contribution in [-0.4, -0.2) is 42.9 Å². The molecule has 2 aromatic rings. The molecule has 1 aliphatic heterocycles. The van der Waals surface area contributed by atoms with E-state index in [1.165, 1.54) is 12.1 Å². The molecule has 1 aromatic carbocycles. The molecule has 9 nitrogen and oxygen atoms in total. The van der Waals surface area contributed by atoms with Crippen molar-refractivity contribution in [3.05, 3.63) is 45.8 Å². The summed E-state index contributed by atoms with van der Waals surface area (Å²) in [5, 5.41) is 2.79. The van der Waals surface area contributed by atoms with E-state index in [-0.39, 0.29) is 58.9 Å². The molecule has 0 radical (unpaired) electrons. The molecule has 3 rings (SSSR count). The number of amides is 3. The van der Waals surface area contributed by atoms with Crippen molar-refractivity contribution in [2.45, 2.75) is 33.6 Å². The first-order chi connectivity index (χ1) is 15.3. The number of hydrogen-bond acceptors (Lipinski definition) is 8. The predicted octanol–water partition coefficient (Wildman–Crippen LogP) is 3.32. The summed E-state index contributed by atoms with van der Waals surface area (Å²) in [6, 6.07) is 6.06. The van der Waals surface area contributed by atoms with E-state index in [9.17, 15) is 24.0 Å². The fourth-order valence-corrected chi connectivity index (χ4v) is 4.35. The first kappa shape index (κ1) is 23.1. The van der Waals surface area contributed by atoms with Gasteiger partial charge in [-0.1, -0.05) is 6.07 Å². The summed E-state index contributed by atoms with van der Waals surface area (Å²) in [6.45, 7) is 5.18. The average molecular weight is 458 g/mol. The predicted molar refractivity (Wildman–Crippen MR) is 117 cm³/mol. The summed E-state index contributed by atoms with van der Waals surface area (Å²) in [6.07, 6.45) is 0.256. The van der Waals surface area contributed by atoms with Gasteiger partial charge in [0.2, 0.25) is 11.8 Å². The Hall–Kier alpha value is -3.53. The number of ether oxygens (including phenoxy) is 2. The molecular weight excluding hydrogens is 436 g/mol. The topological polar surface area (TPSA) is 119 Å². The van der Waals surface area contributed by atoms with E-state index in [2.05, 4.69) is 5.32 Å². The maximum Gasteiger partial charge on any atom is 0.348 e. The Bertz CT molecular complexity index is 1090. The lowest BCUT2D eigenvalue weighted by Crippen LogP contribution is -2.28. The molecule has 1 aromatic heterocycles. The number of carbonyl (C=O) groups is 5. The number of benzene rings is 1. The standard InChI is InChI=1S/C22H22N2O7S/c1-4-30-21(28)17-12(3)18(22(29)31-5-2)32-20(17)23-19(27)13-7-6-8-14(11-13)24-15(25)9-10-16(24)26/h6-8,11H,4-5,9-10H2,1-3H3,(H,23,27). The molecule has 1 saturated heterocycles. The third-order valence-electron chi connectivity index (χ3n) is 4.73. The molecule has 0 atom stereocenters. The van der Waals surface area contributed by atoms with Gasteiger partial charge >= 0.3 is 11.9 Å². The average Bonchev–Trinajstić information content (AvgIpc) is 3.26. The second-order valence-electron chi connectivity index (χ2n) is 6.83. The lowest BCUT2D eigenvalue weighted by Gasteiger charge is -2.15. The first-order valence-corrected chi connectivity index (χ1v) is 10.8. The van der Waals surface area contributed by atoms with E-state index >= 15 is 0 Å². The minimum absolute atomic E-state index is 0.0781. The Labute approximate surface area is 188 Å². The van der Waals surface area contributed by atoms with Crippen LogP contribution in [0.15, 0.2) is 24.3 Å². The van der Waals surface area contributed by atoms with E-state index in [0.29, 0.717) is 11.3 Å². The van der Waals surface area contributed by atoms with Crippen LogP contribution in [0.1, 0.15) is 62.6 Å². The van der Waals surface area contributed by atoms with Gasteiger partial charge in [0.05, 0.1) is 24.5 Å². The summed E-state index contributed by atoms with van der Waals surface area (Å²) in [5.74, 6) is -2.51. The highest BCUT2D eigenvalue weighted by molar-refractivity contribution is 7.18. The lowest BCUT2D eigenvalue weighted by atomic mass is 10.1. The largest absolute Gasteiger partial charge is 0.462 e. The molecule has 0 spiro atoms. The van der Waals surface area contributed by atoms with E-state index in [4.69, 9.17) is 9.47 Å². The van der Waals surface area contributed by atoms with Crippen LogP contribution in [0, 0.1) is 6.92 Å². The Kier molecular flexibility index (Phi) is 7.04. The molecule has 0 bridgehead atoms. The molecule has 0 unspecified atom stereocenters. The summed E-state index contributed by atoms with van der Waals surface area (Å²) in [7, 11) is 0. The number of imide groups is 1. The minimum atomic E-state index is -0.672. The summed E-state index contributed by atoms with van der Waals surface area (Å²) in [5.41, 5.74) is 0.900. The third kappa shape index (κ3) is 4.54. The Morgan fingerprint density at radius 1 is 1.03 bits per heavy atom. The number of rotatable bonds is 7. The van der Waals surface area contributed by atoms with Gasteiger partial charge in [0.25, 0.3) is 5.91 Å². The maximum atomic E-state index is 12.9. The van der Waals surface area contributed by atoms with Crippen molar-refractivity contribution in [1.82, 2.24) is 0 Å². The van der Waals surface area contributed by atoms with Gasteiger partial charge < -0.3 is 14.8 Å². The van der Waals surface area contributed by atoms with Crippen molar-refractivity contribution in [3.63, 3.8) is 0 Å². The number of hydrogen-bond donors (Lipinski definition) is 1. The quantitative estimate of drug-likeness (QED) is 0.499. The van der Waals surface area contributed by atoms with Gasteiger partial charge in [-0.25, -0.2) is 9.59 Å². The zero-order chi connectivity index (χ0) is 23.4. The van der Waals surface area contributed by atoms with Gasteiger partial charge in [-0.15, -0.1) is 11.3 Å². The van der Waals surface area contributed by atoms with Gasteiger partial charge in [-0.2, -0.15) is 0 Å². The monoisotopic (exact) mass is 458 g/mol. The van der Waals surface area contributed by atoms with Crippen LogP contribution in [0.3, 0.4) is 0 Å². The highest BCUT2D eigenvalue weighted by Gasteiger charge is 2.31. The number of anilines is 2. The Morgan fingerprint density at radius 2 is 1.66 bits per heavy atom. The molecule has 10 heteroatoms. The van der Waals surface area contributed by atoms with Crippen molar-refractivity contribution in [3.8, 4) is 0 Å². The van der Waals surface area contributed by atoms with E-state index in [1.54, 1.807) is 32.9 Å². The van der Waals surface area contributed by atoms with Crippen LogP contribution in [0.4, 0.5) is 10.7 Å². The summed E-state index contributed by atoms with van der Waals surface area (Å²) < 4.78 is 10.1. The second-order valence-corrected chi connectivity index (χ2v) is 7.85. The van der Waals surface area contributed by atoms with E-state index in [1.807, 2.05) is 0 Å². The number of esters is 2. The zero-order valence-electron chi connectivity index (χ0n) is 17.9. The molecule has 0 aliphatic carbocycles. The number of nitrogens with one attached hydrogen (secondary N) is 1. The first-order valence-electron chi connectivity index (χ1n) is 10.0. The van der Waals surface area contributed by atoms with Gasteiger partial charge in [0, 0.05) is 18.4 Å². The van der Waals surface area contributed by atoms with Crippen molar-refractivity contribution in [2.24, 2.45) is 0 Å². The highest BCUT2D eigenvalue weighted by Crippen LogP contribution is 2.35. The molecule has 3 amide bonds. The van der Waals surface area contributed by atoms with Crippen molar-refractivity contribution in [2.75, 3.05) is 23.4 Å². The molecule has 2 heterocycles. The van der Waals surface area contributed by atoms with Crippen LogP contribution >= 0.6 is 11.3 Å². The Balaban J connectivity index is 1.93. The fraction of sp³-hybridized carbons (Fsp3) is 0.318. The van der Waals surface area contributed by atoms with Crippen LogP contribution in [0.25, 0.3) is 0 Å². The van der Waals surface area contributed by atoms with Crippen LogP contribution in [0.2, 0.25) is 0 Å². The SMILES string of the molecule is CCOC(=O)c1sc(NC(=O)c2cccc(N3C(=O)CCC3=O)c2)c(C(=O)OCC)c1C. The highest BCUT2D eigenvalue weighted by atomic mass is 32.1. The normalized spacial score (nSPS) is 13.3. The van der Waals surface area contributed by atoms with Gasteiger partial charge in [-0.05, 0) is 44.5 Å². The number of thiophene rings is 1. The lowest BCUT2D eigenvalue weighted by molar-refractivity contribution is -0.121. The van der Waals surface area contributed by atoms with Crippen LogP contribution < -0.4 is 10.2 Å². The van der Waals surface area contributed by atoms with Crippen LogP contribution in [-0.2, 0) is 19.1 Å². The number of carbonyl (C=O) groups excluding carboxylic acids is 5. The smallest absolute Gasteiger partial charge is 0.348 e. The fourth-order valence-electron chi connectivity index (χ4n) is 3.27. The molecule has 1 aliphatic rings. The molecular formula is C22H22N2O7S. The summed E-state index contributed by atoms with van der Waals surface area (Å²) >= 11 is 0.916. The molecule has 168 valence electrons. The molecule has 0 saturated carbocycles. The summed E-state index contributed by atoms with van der Waals surface area (Å²) in [4.78, 5) is 63.0. The molecule has 1 N–H and O–H groups in total. The zero-order valence-corrected chi connectivity index (χ0v) is 18.7. The van der Waals surface area contributed by atoms with Crippen molar-refractivity contribution < 1.29 is 33.4 Å². The van der Waals surface area contributed by atoms with Crippen molar-refractivity contribution >= 4 is 51.7 Å². The van der Waals surface area contributed by atoms with E-state index in [0.717, 1.165) is 16.2 Å². The maximum absolute atomic E-state index is 12.9. The second kappa shape index (κ2) is 9.73. The molecule has 1 fully saturated rings. The number of nitrogens with zero attached hydrogens (tertiary/aromatic N) is 1. The minimum Gasteiger partial charge on any atom is -0.462 e. The van der Waals surface area contributed by atoms with Gasteiger partial charge in [0.1, 0.15) is 9.88 Å². The van der Waals surface area contributed by atoms with Crippen LogP contribution in [0.5, 0.6) is 0 Å². The third-order valence-corrected chi connectivity index (χ3v) is 5.92. The Morgan fingerprint density at radius 3 is 2.28 bits per heavy atom. The van der Waals surface area contributed by atoms with Gasteiger partial charge in [-0.3, -0.25) is 19.3 Å².